The summed E-state index contributed by atoms with van der Waals surface area (Å²) in [6.07, 6.45) is 18.5. The highest BCUT2D eigenvalue weighted by molar-refractivity contribution is 4.83. The van der Waals surface area contributed by atoms with Gasteiger partial charge in [0, 0.05) is 18.6 Å². The lowest BCUT2D eigenvalue weighted by atomic mass is 10.1. The van der Waals surface area contributed by atoms with Gasteiger partial charge in [0.05, 0.1) is 0 Å². The van der Waals surface area contributed by atoms with Gasteiger partial charge in [-0.05, 0) is 6.42 Å². The first-order valence-corrected chi connectivity index (χ1v) is 8.33. The molecular formula is C17H32N4. The molecule has 0 bridgehead atoms. The first kappa shape index (κ1) is 19.6. The summed E-state index contributed by atoms with van der Waals surface area (Å²) in [5, 5.41) is 2.00. The molecule has 21 heavy (non-hydrogen) atoms. The number of nitrogens with two attached hydrogens (primary N) is 1. The molecule has 0 saturated heterocycles. The van der Waals surface area contributed by atoms with Gasteiger partial charge in [0.15, 0.2) is 12.4 Å². The average Bonchev–Trinajstić information content (AvgIpc) is 2.51. The highest BCUT2D eigenvalue weighted by Gasteiger charge is 1.97. The van der Waals surface area contributed by atoms with Crippen LogP contribution >= 0.6 is 0 Å². The molecule has 120 valence electrons. The van der Waals surface area contributed by atoms with E-state index in [2.05, 4.69) is 47.9 Å². The molecule has 1 aromatic rings. The standard InChI is InChI=1S/C17H30N.H2N3/c1-2-3-4-5-6-7-8-9-10-12-15-18-16-13-11-14-17-18;1-3-2/h11,13-14,16-17H,2-10,12,15H2,1H3;(H2-,1,2)/q+1;-1. The van der Waals surface area contributed by atoms with Crippen molar-refractivity contribution in [2.45, 2.75) is 77.7 Å². The van der Waals surface area contributed by atoms with Crippen LogP contribution in [0.2, 0.25) is 0 Å². The van der Waals surface area contributed by atoms with Crippen LogP contribution in [0.3, 0.4) is 0 Å². The van der Waals surface area contributed by atoms with E-state index in [1.807, 2.05) is 5.22 Å². The molecule has 0 unspecified atom stereocenters. The Bertz CT molecular complexity index is 314. The third kappa shape index (κ3) is 14.8. The maximum absolute atomic E-state index is 6.97. The van der Waals surface area contributed by atoms with Gasteiger partial charge in [0.1, 0.15) is 6.54 Å². The van der Waals surface area contributed by atoms with Gasteiger partial charge in [-0.25, -0.2) is 4.57 Å². The Morgan fingerprint density at radius 1 is 0.810 bits per heavy atom. The van der Waals surface area contributed by atoms with Crippen LogP contribution in [0.4, 0.5) is 0 Å². The molecule has 0 aliphatic carbocycles. The predicted octanol–water partition coefficient (Wildman–Crippen LogP) is 4.78. The Morgan fingerprint density at radius 3 is 1.71 bits per heavy atom. The van der Waals surface area contributed by atoms with E-state index in [0.717, 1.165) is 0 Å². The second kappa shape index (κ2) is 16.6. The summed E-state index contributed by atoms with van der Waals surface area (Å²) in [5.41, 5.74) is 6.97. The van der Waals surface area contributed by atoms with Crippen LogP contribution in [0.5, 0.6) is 0 Å². The second-order valence-corrected chi connectivity index (χ2v) is 5.41. The highest BCUT2D eigenvalue weighted by atomic mass is 15.2. The van der Waals surface area contributed by atoms with E-state index >= 15 is 0 Å². The Morgan fingerprint density at radius 2 is 1.24 bits per heavy atom. The first-order valence-electron chi connectivity index (χ1n) is 8.33. The van der Waals surface area contributed by atoms with Crippen LogP contribution in [0, 0.1) is 0 Å². The molecule has 0 aliphatic heterocycles. The van der Waals surface area contributed by atoms with E-state index in [1.54, 1.807) is 0 Å². The van der Waals surface area contributed by atoms with Crippen LogP contribution in [0.15, 0.2) is 35.8 Å². The number of hydrogen-bond donors (Lipinski definition) is 1. The lowest BCUT2D eigenvalue weighted by Gasteiger charge is -2.01. The van der Waals surface area contributed by atoms with Gasteiger partial charge in [-0.15, -0.1) is 0 Å². The van der Waals surface area contributed by atoms with Gasteiger partial charge in [0.2, 0.25) is 0 Å². The number of aromatic nitrogens is 1. The maximum Gasteiger partial charge on any atom is 0.168 e. The third-order valence-corrected chi connectivity index (χ3v) is 3.55. The number of unbranched alkanes of at least 4 members (excludes halogenated alkanes) is 9. The Hall–Kier alpha value is -1.45. The number of nitrogens with zero attached hydrogens (tertiary/aromatic N) is 3. The summed E-state index contributed by atoms with van der Waals surface area (Å²) in [5.74, 6) is 4.03. The zero-order valence-corrected chi connectivity index (χ0v) is 13.6. The fourth-order valence-corrected chi connectivity index (χ4v) is 2.37. The summed E-state index contributed by atoms with van der Waals surface area (Å²) in [6.45, 7) is 3.46. The van der Waals surface area contributed by atoms with Crippen molar-refractivity contribution in [3.63, 3.8) is 0 Å². The van der Waals surface area contributed by atoms with Gasteiger partial charge in [-0.2, -0.15) is 0 Å². The van der Waals surface area contributed by atoms with Crippen LogP contribution in [0.1, 0.15) is 71.1 Å². The van der Waals surface area contributed by atoms with Crippen molar-refractivity contribution >= 4 is 0 Å². The monoisotopic (exact) mass is 292 g/mol. The maximum atomic E-state index is 6.97. The van der Waals surface area contributed by atoms with Gasteiger partial charge in [0.25, 0.3) is 0 Å². The number of pyridine rings is 1. The fourth-order valence-electron chi connectivity index (χ4n) is 2.37. The van der Waals surface area contributed by atoms with Gasteiger partial charge < -0.3 is 11.4 Å². The normalized spacial score (nSPS) is 9.76. The molecule has 0 saturated carbocycles. The molecule has 0 radical (unpaired) electrons. The van der Waals surface area contributed by atoms with Crippen LogP contribution in [0.25, 0.3) is 5.53 Å². The summed E-state index contributed by atoms with van der Waals surface area (Å²) in [6, 6.07) is 6.29. The molecule has 4 nitrogen and oxygen atoms in total. The molecule has 0 aromatic carbocycles. The smallest absolute Gasteiger partial charge is 0.168 e. The number of rotatable bonds is 11. The molecule has 1 heterocycles. The van der Waals surface area contributed by atoms with E-state index in [-0.39, 0.29) is 0 Å². The van der Waals surface area contributed by atoms with E-state index in [0.29, 0.717) is 0 Å². The number of aryl methyl sites for hydroxylation is 1. The average molecular weight is 292 g/mol. The molecule has 4 heteroatoms. The lowest BCUT2D eigenvalue weighted by Crippen LogP contribution is -2.32. The van der Waals surface area contributed by atoms with Gasteiger partial charge in [-0.1, -0.05) is 64.4 Å². The predicted molar refractivity (Wildman–Crippen MR) is 88.5 cm³/mol. The molecule has 1 rings (SSSR count). The molecule has 0 fully saturated rings. The Balaban J connectivity index is 0.00000122. The van der Waals surface area contributed by atoms with Crippen LogP contribution < -0.4 is 10.4 Å². The summed E-state index contributed by atoms with van der Waals surface area (Å²) >= 11 is 0. The summed E-state index contributed by atoms with van der Waals surface area (Å²) < 4.78 is 2.28. The van der Waals surface area contributed by atoms with Gasteiger partial charge >= 0.3 is 0 Å². The molecule has 2 N–H and O–H groups in total. The van der Waals surface area contributed by atoms with Gasteiger partial charge in [-0.3, -0.25) is 5.22 Å². The topological polar surface area (TPSA) is 64.6 Å². The van der Waals surface area contributed by atoms with Crippen molar-refractivity contribution in [1.82, 2.24) is 0 Å². The van der Waals surface area contributed by atoms with E-state index in [4.69, 9.17) is 5.53 Å². The van der Waals surface area contributed by atoms with Crippen LogP contribution in [-0.4, -0.2) is 0 Å². The van der Waals surface area contributed by atoms with Crippen molar-refractivity contribution in [2.75, 3.05) is 0 Å². The Labute approximate surface area is 130 Å². The van der Waals surface area contributed by atoms with Crippen molar-refractivity contribution in [2.24, 2.45) is 11.1 Å². The molecule has 0 aliphatic rings. The second-order valence-electron chi connectivity index (χ2n) is 5.41. The minimum atomic E-state index is 1.18. The fraction of sp³-hybridized carbons (Fsp3) is 0.706. The molecule has 0 spiro atoms. The zero-order valence-electron chi connectivity index (χ0n) is 13.6. The molecular weight excluding hydrogens is 260 g/mol. The van der Waals surface area contributed by atoms with E-state index in [1.165, 1.54) is 70.8 Å². The SMILES string of the molecule is CCCCCCCCCCCC[n+]1ccccc1.[N-]=NN. The van der Waals surface area contributed by atoms with Crippen molar-refractivity contribution in [1.29, 1.82) is 0 Å². The Kier molecular flexibility index (Phi) is 15.5. The number of hydrogen-bond acceptors (Lipinski definition) is 1. The third-order valence-electron chi connectivity index (χ3n) is 3.55. The lowest BCUT2D eigenvalue weighted by molar-refractivity contribution is -0.697. The zero-order chi connectivity index (χ0) is 15.6. The van der Waals surface area contributed by atoms with Crippen molar-refractivity contribution in [3.8, 4) is 0 Å². The van der Waals surface area contributed by atoms with E-state index < -0.39 is 0 Å². The molecule has 0 atom stereocenters. The first-order chi connectivity index (χ1) is 10.3. The minimum absolute atomic E-state index is 1.18. The quantitative estimate of drug-likeness (QED) is 0.206. The van der Waals surface area contributed by atoms with Crippen molar-refractivity contribution < 1.29 is 4.57 Å². The van der Waals surface area contributed by atoms with Crippen molar-refractivity contribution in [3.05, 3.63) is 36.1 Å². The highest BCUT2D eigenvalue weighted by Crippen LogP contribution is 2.10. The molecule has 1 aromatic heterocycles. The molecule has 0 amide bonds. The van der Waals surface area contributed by atoms with Crippen LogP contribution in [-0.2, 0) is 6.54 Å². The summed E-state index contributed by atoms with van der Waals surface area (Å²) in [7, 11) is 0. The van der Waals surface area contributed by atoms with E-state index in [9.17, 15) is 0 Å². The minimum Gasteiger partial charge on any atom is -0.427 e. The summed E-state index contributed by atoms with van der Waals surface area (Å²) in [4.78, 5) is 0. The largest absolute Gasteiger partial charge is 0.427 e.